The molecular formula is C16H17NO3. The molecule has 1 N–H and O–H groups in total. The molecule has 0 aromatic heterocycles. The van der Waals surface area contributed by atoms with Gasteiger partial charge in [0, 0.05) is 5.56 Å². The molecule has 2 rings (SSSR count). The lowest BCUT2D eigenvalue weighted by Gasteiger charge is -2.15. The van der Waals surface area contributed by atoms with E-state index in [1.807, 2.05) is 30.3 Å². The van der Waals surface area contributed by atoms with Crippen LogP contribution in [0, 0.1) is 5.41 Å². The first kappa shape index (κ1) is 14.1. The smallest absolute Gasteiger partial charge is 0.337 e. The molecule has 0 radical (unpaired) electrons. The molecule has 0 heterocycles. The summed E-state index contributed by atoms with van der Waals surface area (Å²) in [5.74, 6) is -0.917. The fourth-order valence-corrected chi connectivity index (χ4v) is 1.64. The van der Waals surface area contributed by atoms with Crippen LogP contribution in [-0.2, 0) is 9.63 Å². The molecule has 0 saturated carbocycles. The Bertz CT molecular complexity index is 656. The molecule has 4 nitrogen and oxygen atoms in total. The van der Waals surface area contributed by atoms with Crippen LogP contribution in [0.5, 0.6) is 0 Å². The lowest BCUT2D eigenvalue weighted by Crippen LogP contribution is -2.33. The number of carbonyl (C=O) groups is 2. The van der Waals surface area contributed by atoms with Crippen LogP contribution in [0.1, 0.15) is 31.1 Å². The van der Waals surface area contributed by atoms with Gasteiger partial charge in [0.2, 0.25) is 0 Å². The molecular weight excluding hydrogens is 254 g/mol. The summed E-state index contributed by atoms with van der Waals surface area (Å²) < 4.78 is 0. The average Bonchev–Trinajstić information content (AvgIpc) is 2.42. The van der Waals surface area contributed by atoms with E-state index < -0.39 is 17.3 Å². The van der Waals surface area contributed by atoms with Crippen molar-refractivity contribution in [2.75, 3.05) is 0 Å². The molecule has 0 atom stereocenters. The van der Waals surface area contributed by atoms with E-state index in [1.54, 1.807) is 32.9 Å². The van der Waals surface area contributed by atoms with E-state index in [0.29, 0.717) is 5.56 Å². The molecule has 0 aliphatic rings. The van der Waals surface area contributed by atoms with Gasteiger partial charge in [0.15, 0.2) is 0 Å². The fourth-order valence-electron chi connectivity index (χ4n) is 1.64. The first-order valence-electron chi connectivity index (χ1n) is 6.38. The van der Waals surface area contributed by atoms with E-state index in [1.165, 1.54) is 0 Å². The van der Waals surface area contributed by atoms with Crippen molar-refractivity contribution in [3.63, 3.8) is 0 Å². The minimum atomic E-state index is -0.656. The second kappa shape index (κ2) is 5.33. The van der Waals surface area contributed by atoms with Gasteiger partial charge in [-0.15, -0.1) is 0 Å². The topological polar surface area (TPSA) is 55.4 Å². The summed E-state index contributed by atoms with van der Waals surface area (Å²) in [6.45, 7) is 5.16. The van der Waals surface area contributed by atoms with E-state index in [0.717, 1.165) is 10.8 Å². The summed E-state index contributed by atoms with van der Waals surface area (Å²) in [6.07, 6.45) is 0. The molecule has 0 aliphatic carbocycles. The average molecular weight is 271 g/mol. The molecule has 0 spiro atoms. The van der Waals surface area contributed by atoms with Gasteiger partial charge >= 0.3 is 5.97 Å². The summed E-state index contributed by atoms with van der Waals surface area (Å²) in [5, 5.41) is 2.01. The van der Waals surface area contributed by atoms with Crippen molar-refractivity contribution in [3.05, 3.63) is 48.0 Å². The Hall–Kier alpha value is -2.36. The Labute approximate surface area is 117 Å². The Kier molecular flexibility index (Phi) is 3.74. The van der Waals surface area contributed by atoms with Gasteiger partial charge < -0.3 is 4.84 Å². The number of carbonyl (C=O) groups excluding carboxylic acids is 2. The third-order valence-corrected chi connectivity index (χ3v) is 2.86. The second-order valence-electron chi connectivity index (χ2n) is 5.63. The molecule has 0 aliphatic heterocycles. The summed E-state index contributed by atoms with van der Waals surface area (Å²) in [6, 6.07) is 13.1. The van der Waals surface area contributed by atoms with E-state index in [-0.39, 0.29) is 0 Å². The van der Waals surface area contributed by atoms with Crippen LogP contribution in [0.4, 0.5) is 0 Å². The van der Waals surface area contributed by atoms with Crippen LogP contribution in [0.2, 0.25) is 0 Å². The molecule has 2 aromatic carbocycles. The zero-order chi connectivity index (χ0) is 14.8. The van der Waals surface area contributed by atoms with E-state index >= 15 is 0 Å². The predicted molar refractivity (Wildman–Crippen MR) is 77.0 cm³/mol. The van der Waals surface area contributed by atoms with E-state index in [2.05, 4.69) is 5.48 Å². The number of nitrogens with one attached hydrogen (secondary N) is 1. The third-order valence-electron chi connectivity index (χ3n) is 2.86. The van der Waals surface area contributed by atoms with Gasteiger partial charge in [0.25, 0.3) is 5.91 Å². The van der Waals surface area contributed by atoms with Crippen molar-refractivity contribution in [3.8, 4) is 0 Å². The number of rotatable bonds is 1. The van der Waals surface area contributed by atoms with Gasteiger partial charge in [-0.05, 0) is 43.7 Å². The van der Waals surface area contributed by atoms with Crippen molar-refractivity contribution < 1.29 is 14.4 Å². The van der Waals surface area contributed by atoms with Crippen molar-refractivity contribution in [2.24, 2.45) is 5.41 Å². The number of hydrogen-bond acceptors (Lipinski definition) is 3. The predicted octanol–water partition coefficient (Wildman–Crippen LogP) is 3.07. The van der Waals surface area contributed by atoms with E-state index in [9.17, 15) is 9.59 Å². The van der Waals surface area contributed by atoms with Gasteiger partial charge in [-0.2, -0.15) is 5.48 Å². The summed E-state index contributed by atoms with van der Waals surface area (Å²) in [4.78, 5) is 28.3. The van der Waals surface area contributed by atoms with Crippen molar-refractivity contribution in [1.29, 1.82) is 0 Å². The van der Waals surface area contributed by atoms with Gasteiger partial charge in [-0.3, -0.25) is 4.79 Å². The van der Waals surface area contributed by atoms with Crippen LogP contribution in [0.3, 0.4) is 0 Å². The molecule has 0 bridgehead atoms. The van der Waals surface area contributed by atoms with Gasteiger partial charge in [-0.25, -0.2) is 4.79 Å². The first-order chi connectivity index (χ1) is 9.38. The Morgan fingerprint density at radius 1 is 1.00 bits per heavy atom. The number of fused-ring (bicyclic) bond motifs is 1. The van der Waals surface area contributed by atoms with Gasteiger partial charge in [-0.1, -0.05) is 30.3 Å². The minimum Gasteiger partial charge on any atom is -0.340 e. The van der Waals surface area contributed by atoms with Crippen molar-refractivity contribution >= 4 is 22.6 Å². The van der Waals surface area contributed by atoms with Crippen LogP contribution < -0.4 is 5.48 Å². The fraction of sp³-hybridized carbons (Fsp3) is 0.250. The highest BCUT2D eigenvalue weighted by Gasteiger charge is 2.24. The zero-order valence-corrected chi connectivity index (χ0v) is 11.8. The monoisotopic (exact) mass is 271 g/mol. The maximum Gasteiger partial charge on any atom is 0.337 e. The highest BCUT2D eigenvalue weighted by Crippen LogP contribution is 2.16. The molecule has 0 fully saturated rings. The molecule has 20 heavy (non-hydrogen) atoms. The number of benzene rings is 2. The molecule has 1 amide bonds. The maximum atomic E-state index is 11.9. The van der Waals surface area contributed by atoms with Gasteiger partial charge in [0.1, 0.15) is 0 Å². The summed E-state index contributed by atoms with van der Waals surface area (Å²) in [7, 11) is 0. The van der Waals surface area contributed by atoms with Gasteiger partial charge in [0.05, 0.1) is 5.41 Å². The Morgan fingerprint density at radius 3 is 2.30 bits per heavy atom. The quantitative estimate of drug-likeness (QED) is 0.811. The van der Waals surface area contributed by atoms with E-state index in [4.69, 9.17) is 4.84 Å². The Morgan fingerprint density at radius 2 is 1.65 bits per heavy atom. The third kappa shape index (κ3) is 3.15. The van der Waals surface area contributed by atoms with Crippen molar-refractivity contribution in [1.82, 2.24) is 5.48 Å². The van der Waals surface area contributed by atoms with Crippen LogP contribution in [0.25, 0.3) is 10.8 Å². The van der Waals surface area contributed by atoms with Crippen LogP contribution >= 0.6 is 0 Å². The SMILES string of the molecule is CC(C)(C)C(=O)ONC(=O)c1ccc2ccccc2c1. The Balaban J connectivity index is 2.10. The molecule has 0 saturated heterocycles. The zero-order valence-electron chi connectivity index (χ0n) is 11.8. The molecule has 2 aromatic rings. The molecule has 104 valence electrons. The number of amides is 1. The summed E-state index contributed by atoms with van der Waals surface area (Å²) in [5.41, 5.74) is 1.97. The van der Waals surface area contributed by atoms with Crippen LogP contribution in [-0.4, -0.2) is 11.9 Å². The lowest BCUT2D eigenvalue weighted by molar-refractivity contribution is -0.158. The number of hydrogen-bond donors (Lipinski definition) is 1. The first-order valence-corrected chi connectivity index (χ1v) is 6.38. The summed E-state index contributed by atoms with van der Waals surface area (Å²) >= 11 is 0. The lowest BCUT2D eigenvalue weighted by atomic mass is 9.98. The largest absolute Gasteiger partial charge is 0.340 e. The molecule has 4 heteroatoms. The van der Waals surface area contributed by atoms with Crippen molar-refractivity contribution in [2.45, 2.75) is 20.8 Å². The highest BCUT2D eigenvalue weighted by atomic mass is 16.7. The number of hydroxylamine groups is 1. The maximum absolute atomic E-state index is 11.9. The second-order valence-corrected chi connectivity index (χ2v) is 5.63. The standard InChI is InChI=1S/C16H17NO3/c1-16(2,3)15(19)20-17-14(18)13-9-8-11-6-4-5-7-12(11)10-13/h4-10H,1-3H3,(H,17,18). The minimum absolute atomic E-state index is 0.437. The highest BCUT2D eigenvalue weighted by molar-refractivity contribution is 5.98. The normalized spacial score (nSPS) is 11.2. The molecule has 0 unspecified atom stereocenters. The van der Waals surface area contributed by atoms with Crippen LogP contribution in [0.15, 0.2) is 42.5 Å².